The molecule has 2 aromatic carbocycles. The molecule has 0 fully saturated rings. The van der Waals surface area contributed by atoms with E-state index in [1.807, 2.05) is 36.4 Å². The lowest BCUT2D eigenvalue weighted by Crippen LogP contribution is -2.02. The van der Waals surface area contributed by atoms with Crippen LogP contribution in [0, 0.1) is 0 Å². The summed E-state index contributed by atoms with van der Waals surface area (Å²) in [7, 11) is 1.67. The molecule has 0 radical (unpaired) electrons. The van der Waals surface area contributed by atoms with Crippen LogP contribution in [0.3, 0.4) is 0 Å². The molecule has 3 heteroatoms. The van der Waals surface area contributed by atoms with E-state index in [1.165, 1.54) is 5.56 Å². The minimum absolute atomic E-state index is 0.730. The van der Waals surface area contributed by atoms with Gasteiger partial charge in [0.25, 0.3) is 0 Å². The van der Waals surface area contributed by atoms with Crippen molar-refractivity contribution in [1.82, 2.24) is 4.98 Å². The minimum atomic E-state index is 0.730. The molecular formula is C20H20N2O. The minimum Gasteiger partial charge on any atom is -0.494 e. The Labute approximate surface area is 136 Å². The van der Waals surface area contributed by atoms with Gasteiger partial charge in [0.2, 0.25) is 0 Å². The number of benzene rings is 2. The highest BCUT2D eigenvalue weighted by molar-refractivity contribution is 5.95. The van der Waals surface area contributed by atoms with Crippen LogP contribution in [-0.4, -0.2) is 12.1 Å². The number of aromatic nitrogens is 1. The van der Waals surface area contributed by atoms with Crippen molar-refractivity contribution in [3.63, 3.8) is 0 Å². The standard InChI is InChI=1S/C20H20N2O/c1-3-8-16-13-18(21-14-15-9-5-4-6-10-15)17-11-7-12-19(23-2)20(17)22-16/h3-7,9-13H,1,8,14H2,2H3,(H,21,22). The Balaban J connectivity index is 2.01. The Hall–Kier alpha value is -2.81. The molecule has 0 aliphatic carbocycles. The van der Waals surface area contributed by atoms with Crippen molar-refractivity contribution >= 4 is 16.6 Å². The highest BCUT2D eigenvalue weighted by atomic mass is 16.5. The third kappa shape index (κ3) is 3.34. The number of allylic oxidation sites excluding steroid dienone is 1. The van der Waals surface area contributed by atoms with Crippen molar-refractivity contribution in [3.05, 3.63) is 78.5 Å². The van der Waals surface area contributed by atoms with Crippen LogP contribution >= 0.6 is 0 Å². The first-order chi connectivity index (χ1) is 11.3. The van der Waals surface area contributed by atoms with E-state index >= 15 is 0 Å². The Morgan fingerprint density at radius 3 is 2.70 bits per heavy atom. The van der Waals surface area contributed by atoms with E-state index < -0.39 is 0 Å². The molecule has 0 atom stereocenters. The number of methoxy groups -OCH3 is 1. The van der Waals surface area contributed by atoms with E-state index in [-0.39, 0.29) is 0 Å². The number of nitrogens with zero attached hydrogens (tertiary/aromatic N) is 1. The number of fused-ring (bicyclic) bond motifs is 1. The lowest BCUT2D eigenvalue weighted by molar-refractivity contribution is 0.419. The van der Waals surface area contributed by atoms with Gasteiger partial charge in [-0.1, -0.05) is 48.5 Å². The van der Waals surface area contributed by atoms with Gasteiger partial charge in [-0.05, 0) is 17.7 Å². The molecule has 0 bridgehead atoms. The van der Waals surface area contributed by atoms with Crippen LogP contribution in [0.1, 0.15) is 11.3 Å². The van der Waals surface area contributed by atoms with Crippen molar-refractivity contribution in [3.8, 4) is 5.75 Å². The van der Waals surface area contributed by atoms with E-state index in [0.717, 1.165) is 41.0 Å². The first kappa shape index (κ1) is 15.1. The van der Waals surface area contributed by atoms with E-state index in [9.17, 15) is 0 Å². The molecule has 3 aromatic rings. The Kier molecular flexibility index (Phi) is 4.57. The SMILES string of the molecule is C=CCc1cc(NCc2ccccc2)c2cccc(OC)c2n1. The molecule has 1 N–H and O–H groups in total. The maximum absolute atomic E-state index is 5.46. The quantitative estimate of drug-likeness (QED) is 0.677. The lowest BCUT2D eigenvalue weighted by Gasteiger charge is -2.13. The number of ether oxygens (including phenoxy) is 1. The number of para-hydroxylation sites is 1. The van der Waals surface area contributed by atoms with Gasteiger partial charge in [-0.3, -0.25) is 0 Å². The summed E-state index contributed by atoms with van der Waals surface area (Å²) in [5.41, 5.74) is 4.16. The molecule has 3 rings (SSSR count). The summed E-state index contributed by atoms with van der Waals surface area (Å²) in [6.45, 7) is 4.58. The monoisotopic (exact) mass is 304 g/mol. The van der Waals surface area contributed by atoms with Crippen LogP contribution in [0.15, 0.2) is 67.3 Å². The summed E-state index contributed by atoms with van der Waals surface area (Å²) in [6, 6.07) is 18.4. The molecule has 116 valence electrons. The van der Waals surface area contributed by atoms with Gasteiger partial charge in [0.15, 0.2) is 0 Å². The maximum Gasteiger partial charge on any atom is 0.145 e. The maximum atomic E-state index is 5.46. The summed E-state index contributed by atoms with van der Waals surface area (Å²) in [4.78, 5) is 4.72. The predicted octanol–water partition coefficient (Wildman–Crippen LogP) is 4.58. The van der Waals surface area contributed by atoms with Crippen LogP contribution < -0.4 is 10.1 Å². The molecule has 0 aliphatic rings. The highest BCUT2D eigenvalue weighted by Crippen LogP contribution is 2.30. The number of hydrogen-bond donors (Lipinski definition) is 1. The smallest absolute Gasteiger partial charge is 0.145 e. The van der Waals surface area contributed by atoms with Gasteiger partial charge in [0.1, 0.15) is 11.3 Å². The molecule has 3 nitrogen and oxygen atoms in total. The highest BCUT2D eigenvalue weighted by Gasteiger charge is 2.09. The molecule has 0 saturated heterocycles. The number of nitrogens with one attached hydrogen (secondary N) is 1. The number of anilines is 1. The van der Waals surface area contributed by atoms with Crippen LogP contribution in [0.25, 0.3) is 10.9 Å². The van der Waals surface area contributed by atoms with Gasteiger partial charge in [-0.25, -0.2) is 4.98 Å². The summed E-state index contributed by atoms with van der Waals surface area (Å²) in [5.74, 6) is 0.788. The van der Waals surface area contributed by atoms with Gasteiger partial charge in [0.05, 0.1) is 7.11 Å². The first-order valence-electron chi connectivity index (χ1n) is 7.67. The second kappa shape index (κ2) is 6.97. The van der Waals surface area contributed by atoms with E-state index in [1.54, 1.807) is 7.11 Å². The normalized spacial score (nSPS) is 10.5. The summed E-state index contributed by atoms with van der Waals surface area (Å²) < 4.78 is 5.46. The molecule has 0 amide bonds. The van der Waals surface area contributed by atoms with Crippen molar-refractivity contribution in [2.75, 3.05) is 12.4 Å². The van der Waals surface area contributed by atoms with Crippen LogP contribution in [0.4, 0.5) is 5.69 Å². The largest absolute Gasteiger partial charge is 0.494 e. The summed E-state index contributed by atoms with van der Waals surface area (Å²) in [5, 5.41) is 4.59. The average Bonchev–Trinajstić information content (AvgIpc) is 2.60. The van der Waals surface area contributed by atoms with Crippen LogP contribution in [0.2, 0.25) is 0 Å². The molecule has 0 aliphatic heterocycles. The zero-order valence-corrected chi connectivity index (χ0v) is 13.3. The van der Waals surface area contributed by atoms with E-state index in [4.69, 9.17) is 9.72 Å². The molecule has 1 aromatic heterocycles. The number of pyridine rings is 1. The average molecular weight is 304 g/mol. The molecule has 0 saturated carbocycles. The van der Waals surface area contributed by atoms with E-state index in [2.05, 4.69) is 36.2 Å². The predicted molar refractivity (Wildman–Crippen MR) is 96.0 cm³/mol. The van der Waals surface area contributed by atoms with Gasteiger partial charge in [0, 0.05) is 29.7 Å². The third-order valence-corrected chi connectivity index (χ3v) is 3.75. The van der Waals surface area contributed by atoms with Crippen molar-refractivity contribution < 1.29 is 4.74 Å². The summed E-state index contributed by atoms with van der Waals surface area (Å²) in [6.07, 6.45) is 2.60. The van der Waals surface area contributed by atoms with Crippen molar-refractivity contribution in [2.24, 2.45) is 0 Å². The topological polar surface area (TPSA) is 34.1 Å². The zero-order chi connectivity index (χ0) is 16.1. The first-order valence-corrected chi connectivity index (χ1v) is 7.67. The van der Waals surface area contributed by atoms with Crippen molar-refractivity contribution in [1.29, 1.82) is 0 Å². The van der Waals surface area contributed by atoms with Crippen LogP contribution in [-0.2, 0) is 13.0 Å². The molecule has 1 heterocycles. The van der Waals surface area contributed by atoms with Gasteiger partial charge in [-0.15, -0.1) is 6.58 Å². The summed E-state index contributed by atoms with van der Waals surface area (Å²) >= 11 is 0. The Bertz CT molecular complexity index is 812. The van der Waals surface area contributed by atoms with E-state index in [0.29, 0.717) is 0 Å². The zero-order valence-electron chi connectivity index (χ0n) is 13.3. The number of hydrogen-bond acceptors (Lipinski definition) is 3. The van der Waals surface area contributed by atoms with Gasteiger partial charge in [-0.2, -0.15) is 0 Å². The Morgan fingerprint density at radius 2 is 1.96 bits per heavy atom. The molecule has 23 heavy (non-hydrogen) atoms. The molecule has 0 spiro atoms. The fourth-order valence-corrected chi connectivity index (χ4v) is 2.63. The fourth-order valence-electron chi connectivity index (χ4n) is 2.63. The van der Waals surface area contributed by atoms with Crippen LogP contribution in [0.5, 0.6) is 5.75 Å². The Morgan fingerprint density at radius 1 is 1.13 bits per heavy atom. The number of rotatable bonds is 6. The second-order valence-electron chi connectivity index (χ2n) is 5.35. The lowest BCUT2D eigenvalue weighted by atomic mass is 10.1. The fraction of sp³-hybridized carbons (Fsp3) is 0.150. The van der Waals surface area contributed by atoms with Gasteiger partial charge >= 0.3 is 0 Å². The van der Waals surface area contributed by atoms with Crippen molar-refractivity contribution in [2.45, 2.75) is 13.0 Å². The van der Waals surface area contributed by atoms with Gasteiger partial charge < -0.3 is 10.1 Å². The second-order valence-corrected chi connectivity index (χ2v) is 5.35. The molecule has 0 unspecified atom stereocenters. The third-order valence-electron chi connectivity index (χ3n) is 3.75. The molecular weight excluding hydrogens is 284 g/mol.